The fourth-order valence-electron chi connectivity index (χ4n) is 2.75. The minimum atomic E-state index is 0.0268. The monoisotopic (exact) mass is 311 g/mol. The van der Waals surface area contributed by atoms with Crippen LogP contribution in [0, 0.1) is 13.8 Å². The number of aryl methyl sites for hydroxylation is 3. The fraction of sp³-hybridized carbons (Fsp3) is 0.350. The third kappa shape index (κ3) is 4.85. The second-order valence-electron chi connectivity index (χ2n) is 6.00. The maximum absolute atomic E-state index is 12.2. The lowest BCUT2D eigenvalue weighted by Crippen LogP contribution is -2.27. The van der Waals surface area contributed by atoms with Crippen LogP contribution in [0.1, 0.15) is 41.6 Å². The van der Waals surface area contributed by atoms with E-state index in [4.69, 9.17) is 4.74 Å². The number of ether oxygens (including phenoxy) is 1. The van der Waals surface area contributed by atoms with E-state index in [2.05, 4.69) is 37.4 Å². The molecule has 0 fully saturated rings. The van der Waals surface area contributed by atoms with E-state index in [0.29, 0.717) is 6.42 Å². The summed E-state index contributed by atoms with van der Waals surface area (Å²) in [5.74, 6) is 0.912. The van der Waals surface area contributed by atoms with Gasteiger partial charge in [0.25, 0.3) is 0 Å². The Morgan fingerprint density at radius 1 is 1.13 bits per heavy atom. The van der Waals surface area contributed by atoms with E-state index in [9.17, 15) is 4.79 Å². The molecule has 0 heterocycles. The molecule has 1 amide bonds. The first-order valence-electron chi connectivity index (χ1n) is 7.99. The Kier molecular flexibility index (Phi) is 5.80. The number of hydrogen-bond acceptors (Lipinski definition) is 2. The smallest absolute Gasteiger partial charge is 0.220 e. The fourth-order valence-corrected chi connectivity index (χ4v) is 2.75. The maximum Gasteiger partial charge on any atom is 0.220 e. The van der Waals surface area contributed by atoms with Gasteiger partial charge in [-0.25, -0.2) is 0 Å². The zero-order valence-corrected chi connectivity index (χ0v) is 14.3. The molecular weight excluding hydrogens is 286 g/mol. The van der Waals surface area contributed by atoms with Crippen molar-refractivity contribution in [2.75, 3.05) is 7.11 Å². The Morgan fingerprint density at radius 2 is 1.83 bits per heavy atom. The van der Waals surface area contributed by atoms with E-state index in [1.165, 1.54) is 16.7 Å². The molecule has 1 atom stereocenters. The minimum absolute atomic E-state index is 0.0268. The molecule has 23 heavy (non-hydrogen) atoms. The zero-order chi connectivity index (χ0) is 16.8. The molecule has 0 saturated carbocycles. The number of benzene rings is 2. The van der Waals surface area contributed by atoms with Crippen LogP contribution in [-0.2, 0) is 11.2 Å². The van der Waals surface area contributed by atoms with Crippen molar-refractivity contribution in [1.29, 1.82) is 0 Å². The minimum Gasteiger partial charge on any atom is -0.497 e. The van der Waals surface area contributed by atoms with Crippen LogP contribution < -0.4 is 10.1 Å². The number of carbonyl (C=O) groups excluding carboxylic acids is 1. The van der Waals surface area contributed by atoms with Crippen LogP contribution in [0.5, 0.6) is 5.75 Å². The maximum atomic E-state index is 12.2. The second-order valence-corrected chi connectivity index (χ2v) is 6.00. The number of methoxy groups -OCH3 is 1. The van der Waals surface area contributed by atoms with Gasteiger partial charge in [-0.1, -0.05) is 35.9 Å². The normalized spacial score (nSPS) is 11.8. The summed E-state index contributed by atoms with van der Waals surface area (Å²) >= 11 is 0. The van der Waals surface area contributed by atoms with Gasteiger partial charge in [0.1, 0.15) is 5.75 Å². The SMILES string of the molecule is COc1ccc(CCC(=O)NC(C)c2ccc(C)cc2C)cc1. The molecule has 3 heteroatoms. The van der Waals surface area contributed by atoms with Crippen molar-refractivity contribution < 1.29 is 9.53 Å². The van der Waals surface area contributed by atoms with Crippen LogP contribution in [-0.4, -0.2) is 13.0 Å². The quantitative estimate of drug-likeness (QED) is 0.871. The van der Waals surface area contributed by atoms with Gasteiger partial charge in [0.05, 0.1) is 13.2 Å². The van der Waals surface area contributed by atoms with E-state index in [-0.39, 0.29) is 11.9 Å². The lowest BCUT2D eigenvalue weighted by molar-refractivity contribution is -0.121. The molecule has 2 aromatic rings. The van der Waals surface area contributed by atoms with Crippen LogP contribution in [0.25, 0.3) is 0 Å². The Bertz CT molecular complexity index is 662. The summed E-state index contributed by atoms with van der Waals surface area (Å²) in [7, 11) is 1.65. The molecule has 0 spiro atoms. The highest BCUT2D eigenvalue weighted by molar-refractivity contribution is 5.76. The van der Waals surface area contributed by atoms with Crippen molar-refractivity contribution in [2.45, 2.75) is 39.7 Å². The second kappa shape index (κ2) is 7.82. The molecule has 0 aromatic heterocycles. The summed E-state index contributed by atoms with van der Waals surface area (Å²) in [4.78, 5) is 12.2. The molecule has 0 radical (unpaired) electrons. The molecule has 1 N–H and O–H groups in total. The van der Waals surface area contributed by atoms with E-state index >= 15 is 0 Å². The lowest BCUT2D eigenvalue weighted by Gasteiger charge is -2.17. The molecule has 0 saturated heterocycles. The summed E-state index contributed by atoms with van der Waals surface area (Å²) in [5.41, 5.74) is 4.77. The van der Waals surface area contributed by atoms with Crippen molar-refractivity contribution in [2.24, 2.45) is 0 Å². The van der Waals surface area contributed by atoms with Crippen molar-refractivity contribution in [3.63, 3.8) is 0 Å². The first-order valence-corrected chi connectivity index (χ1v) is 7.99. The Hall–Kier alpha value is -2.29. The third-order valence-electron chi connectivity index (χ3n) is 4.07. The van der Waals surface area contributed by atoms with E-state index < -0.39 is 0 Å². The number of carbonyl (C=O) groups is 1. The molecular formula is C20H25NO2. The van der Waals surface area contributed by atoms with Gasteiger partial charge in [-0.3, -0.25) is 4.79 Å². The van der Waals surface area contributed by atoms with Gasteiger partial charge in [0.15, 0.2) is 0 Å². The Balaban J connectivity index is 1.88. The topological polar surface area (TPSA) is 38.3 Å². The van der Waals surface area contributed by atoms with Crippen molar-refractivity contribution in [3.8, 4) is 5.75 Å². The highest BCUT2D eigenvalue weighted by Gasteiger charge is 2.11. The van der Waals surface area contributed by atoms with Gasteiger partial charge in [0, 0.05) is 6.42 Å². The molecule has 2 rings (SSSR count). The molecule has 3 nitrogen and oxygen atoms in total. The summed E-state index contributed by atoms with van der Waals surface area (Å²) in [6.45, 7) is 6.19. The van der Waals surface area contributed by atoms with E-state index in [1.54, 1.807) is 7.11 Å². The zero-order valence-electron chi connectivity index (χ0n) is 14.3. The number of amides is 1. The van der Waals surface area contributed by atoms with Crippen LogP contribution >= 0.6 is 0 Å². The van der Waals surface area contributed by atoms with Gasteiger partial charge in [-0.2, -0.15) is 0 Å². The van der Waals surface area contributed by atoms with Gasteiger partial charge >= 0.3 is 0 Å². The molecule has 0 aliphatic heterocycles. The van der Waals surface area contributed by atoms with Gasteiger partial charge in [-0.15, -0.1) is 0 Å². The van der Waals surface area contributed by atoms with E-state index in [0.717, 1.165) is 17.7 Å². The third-order valence-corrected chi connectivity index (χ3v) is 4.07. The molecule has 2 aromatic carbocycles. The van der Waals surface area contributed by atoms with Crippen LogP contribution in [0.2, 0.25) is 0 Å². The Morgan fingerprint density at radius 3 is 2.43 bits per heavy atom. The van der Waals surface area contributed by atoms with Crippen molar-refractivity contribution in [1.82, 2.24) is 5.32 Å². The van der Waals surface area contributed by atoms with Crippen molar-refractivity contribution >= 4 is 5.91 Å². The van der Waals surface area contributed by atoms with Gasteiger partial charge in [0.2, 0.25) is 5.91 Å². The Labute approximate surface area is 138 Å². The molecule has 122 valence electrons. The van der Waals surface area contributed by atoms with E-state index in [1.807, 2.05) is 31.2 Å². The van der Waals surface area contributed by atoms with Crippen LogP contribution in [0.15, 0.2) is 42.5 Å². The predicted octanol–water partition coefficient (Wildman–Crippen LogP) is 4.12. The average Bonchev–Trinajstić information content (AvgIpc) is 2.53. The summed E-state index contributed by atoms with van der Waals surface area (Å²) in [6, 6.07) is 14.2. The van der Waals surface area contributed by atoms with Gasteiger partial charge in [-0.05, 0) is 56.0 Å². The molecule has 0 aliphatic carbocycles. The van der Waals surface area contributed by atoms with Crippen molar-refractivity contribution in [3.05, 3.63) is 64.7 Å². The molecule has 0 bridgehead atoms. The highest BCUT2D eigenvalue weighted by Crippen LogP contribution is 2.19. The molecule has 1 unspecified atom stereocenters. The summed E-state index contributed by atoms with van der Waals surface area (Å²) in [6.07, 6.45) is 1.22. The number of nitrogens with one attached hydrogen (secondary N) is 1. The number of rotatable bonds is 6. The molecule has 0 aliphatic rings. The standard InChI is InChI=1S/C20H25NO2/c1-14-5-11-19(15(2)13-14)16(3)21-20(22)12-8-17-6-9-18(23-4)10-7-17/h5-7,9-11,13,16H,8,12H2,1-4H3,(H,21,22). The van der Waals surface area contributed by atoms with Crippen LogP contribution in [0.4, 0.5) is 0 Å². The lowest BCUT2D eigenvalue weighted by atomic mass is 10.00. The van der Waals surface area contributed by atoms with Crippen LogP contribution in [0.3, 0.4) is 0 Å². The average molecular weight is 311 g/mol. The largest absolute Gasteiger partial charge is 0.497 e. The summed E-state index contributed by atoms with van der Waals surface area (Å²) in [5, 5.41) is 3.09. The highest BCUT2D eigenvalue weighted by atomic mass is 16.5. The first kappa shape index (κ1) is 17.1. The van der Waals surface area contributed by atoms with Gasteiger partial charge < -0.3 is 10.1 Å². The first-order chi connectivity index (χ1) is 11.0. The number of hydrogen-bond donors (Lipinski definition) is 1. The predicted molar refractivity (Wildman–Crippen MR) is 93.8 cm³/mol. The summed E-state index contributed by atoms with van der Waals surface area (Å²) < 4.78 is 5.14.